The summed E-state index contributed by atoms with van der Waals surface area (Å²) in [4.78, 5) is 10.2. The minimum absolute atomic E-state index is 0.238. The summed E-state index contributed by atoms with van der Waals surface area (Å²) in [6.45, 7) is 0.814. The number of aliphatic hydroxyl groups is 1. The minimum atomic E-state index is -1.23. The van der Waals surface area contributed by atoms with E-state index in [1.807, 2.05) is 0 Å². The molecular formula is C6H11NO3. The molecule has 1 saturated heterocycles. The van der Waals surface area contributed by atoms with Crippen LogP contribution in [0.25, 0.3) is 0 Å². The molecule has 2 atom stereocenters. The Hall–Kier alpha value is -0.610. The third-order valence-electron chi connectivity index (χ3n) is 1.73. The molecule has 0 aromatic heterocycles. The van der Waals surface area contributed by atoms with Gasteiger partial charge < -0.3 is 15.5 Å². The monoisotopic (exact) mass is 145 g/mol. The Morgan fingerprint density at radius 2 is 2.40 bits per heavy atom. The minimum Gasteiger partial charge on any atom is -0.479 e. The highest BCUT2D eigenvalue weighted by molar-refractivity contribution is 5.72. The van der Waals surface area contributed by atoms with Gasteiger partial charge in [0.15, 0.2) is 6.10 Å². The molecule has 1 aliphatic rings. The van der Waals surface area contributed by atoms with E-state index in [1.54, 1.807) is 0 Å². The van der Waals surface area contributed by atoms with Gasteiger partial charge in [-0.05, 0) is 19.4 Å². The summed E-state index contributed by atoms with van der Waals surface area (Å²) < 4.78 is 0. The highest BCUT2D eigenvalue weighted by atomic mass is 16.4. The van der Waals surface area contributed by atoms with E-state index in [-0.39, 0.29) is 6.04 Å². The molecule has 0 aliphatic carbocycles. The first-order valence-corrected chi connectivity index (χ1v) is 3.36. The number of hydrogen-bond acceptors (Lipinski definition) is 3. The standard InChI is InChI=1S/C6H11NO3/c8-5(6(9)10)4-2-1-3-7-4/h4-5,7-8H,1-3H2,(H,9,10)/t4-,5+/m0/s1. The Morgan fingerprint density at radius 1 is 1.70 bits per heavy atom. The Balaban J connectivity index is 2.39. The molecule has 1 rings (SSSR count). The quantitative estimate of drug-likeness (QED) is 0.475. The Bertz CT molecular complexity index is 131. The summed E-state index contributed by atoms with van der Waals surface area (Å²) >= 11 is 0. The van der Waals surface area contributed by atoms with Crippen molar-refractivity contribution in [1.82, 2.24) is 5.32 Å². The van der Waals surface area contributed by atoms with E-state index in [0.29, 0.717) is 0 Å². The van der Waals surface area contributed by atoms with Gasteiger partial charge in [0, 0.05) is 6.04 Å². The molecule has 10 heavy (non-hydrogen) atoms. The van der Waals surface area contributed by atoms with Crippen LogP contribution in [0.4, 0.5) is 0 Å². The first kappa shape index (κ1) is 7.50. The van der Waals surface area contributed by atoms with Gasteiger partial charge in [0.05, 0.1) is 0 Å². The topological polar surface area (TPSA) is 69.6 Å². The summed E-state index contributed by atoms with van der Waals surface area (Å²) in [5, 5.41) is 20.2. The highest BCUT2D eigenvalue weighted by Gasteiger charge is 2.27. The van der Waals surface area contributed by atoms with Gasteiger partial charge in [0.25, 0.3) is 0 Å². The molecule has 0 radical (unpaired) electrons. The lowest BCUT2D eigenvalue weighted by Gasteiger charge is -2.12. The summed E-state index contributed by atoms with van der Waals surface area (Å²) in [7, 11) is 0. The van der Waals surface area contributed by atoms with Gasteiger partial charge in [-0.25, -0.2) is 4.79 Å². The fourth-order valence-corrected chi connectivity index (χ4v) is 1.15. The highest BCUT2D eigenvalue weighted by Crippen LogP contribution is 2.08. The number of carboxylic acid groups (broad SMARTS) is 1. The van der Waals surface area contributed by atoms with E-state index >= 15 is 0 Å². The van der Waals surface area contributed by atoms with Gasteiger partial charge in [-0.3, -0.25) is 0 Å². The second-order valence-corrected chi connectivity index (χ2v) is 2.49. The molecule has 0 saturated carbocycles. The molecule has 4 nitrogen and oxygen atoms in total. The smallest absolute Gasteiger partial charge is 0.334 e. The molecular weight excluding hydrogens is 134 g/mol. The number of aliphatic carboxylic acids is 1. The van der Waals surface area contributed by atoms with Crippen molar-refractivity contribution in [1.29, 1.82) is 0 Å². The van der Waals surface area contributed by atoms with Gasteiger partial charge in [-0.1, -0.05) is 0 Å². The zero-order valence-corrected chi connectivity index (χ0v) is 5.58. The maximum Gasteiger partial charge on any atom is 0.334 e. The van der Waals surface area contributed by atoms with Crippen molar-refractivity contribution in [2.45, 2.75) is 25.0 Å². The number of carboxylic acids is 1. The molecule has 1 aliphatic heterocycles. The zero-order valence-electron chi connectivity index (χ0n) is 5.58. The third-order valence-corrected chi connectivity index (χ3v) is 1.73. The molecule has 0 aromatic rings. The fraction of sp³-hybridized carbons (Fsp3) is 0.833. The number of carbonyl (C=O) groups is 1. The van der Waals surface area contributed by atoms with E-state index < -0.39 is 12.1 Å². The van der Waals surface area contributed by atoms with E-state index in [0.717, 1.165) is 19.4 Å². The first-order chi connectivity index (χ1) is 4.72. The number of nitrogens with one attached hydrogen (secondary N) is 1. The molecule has 0 unspecified atom stereocenters. The van der Waals surface area contributed by atoms with Crippen LogP contribution in [0.5, 0.6) is 0 Å². The lowest BCUT2D eigenvalue weighted by molar-refractivity contribution is -0.147. The summed E-state index contributed by atoms with van der Waals surface area (Å²) in [5.41, 5.74) is 0. The zero-order chi connectivity index (χ0) is 7.56. The van der Waals surface area contributed by atoms with Crippen LogP contribution in [0.1, 0.15) is 12.8 Å². The lowest BCUT2D eigenvalue weighted by atomic mass is 10.1. The van der Waals surface area contributed by atoms with Crippen molar-refractivity contribution >= 4 is 5.97 Å². The van der Waals surface area contributed by atoms with Crippen LogP contribution in [-0.2, 0) is 4.79 Å². The predicted octanol–water partition coefficient (Wildman–Crippen LogP) is -0.816. The first-order valence-electron chi connectivity index (χ1n) is 3.36. The Labute approximate surface area is 58.9 Å². The molecule has 0 amide bonds. The van der Waals surface area contributed by atoms with Gasteiger partial charge >= 0.3 is 5.97 Å². The van der Waals surface area contributed by atoms with Crippen LogP contribution < -0.4 is 5.32 Å². The van der Waals surface area contributed by atoms with Crippen molar-refractivity contribution in [3.05, 3.63) is 0 Å². The van der Waals surface area contributed by atoms with Crippen molar-refractivity contribution in [2.24, 2.45) is 0 Å². The Kier molecular flexibility index (Phi) is 2.24. The van der Waals surface area contributed by atoms with E-state index in [4.69, 9.17) is 10.2 Å². The lowest BCUT2D eigenvalue weighted by Crippen LogP contribution is -2.40. The third kappa shape index (κ3) is 1.46. The largest absolute Gasteiger partial charge is 0.479 e. The number of aliphatic hydroxyl groups excluding tert-OH is 1. The molecule has 1 heterocycles. The number of hydrogen-bond donors (Lipinski definition) is 3. The summed E-state index contributed by atoms with van der Waals surface area (Å²) in [6, 6.07) is -0.238. The van der Waals surface area contributed by atoms with Gasteiger partial charge in [0.2, 0.25) is 0 Å². The van der Waals surface area contributed by atoms with Gasteiger partial charge in [-0.2, -0.15) is 0 Å². The van der Waals surface area contributed by atoms with Gasteiger partial charge in [0.1, 0.15) is 0 Å². The average molecular weight is 145 g/mol. The second-order valence-electron chi connectivity index (χ2n) is 2.49. The SMILES string of the molecule is O=C(O)[C@H](O)[C@@H]1CCCN1. The van der Waals surface area contributed by atoms with Crippen LogP contribution in [0.2, 0.25) is 0 Å². The Morgan fingerprint density at radius 3 is 2.80 bits per heavy atom. The van der Waals surface area contributed by atoms with Crippen molar-refractivity contribution in [3.8, 4) is 0 Å². The maximum atomic E-state index is 10.2. The number of rotatable bonds is 2. The van der Waals surface area contributed by atoms with Crippen LogP contribution in [0.15, 0.2) is 0 Å². The van der Waals surface area contributed by atoms with Crippen molar-refractivity contribution in [2.75, 3.05) is 6.54 Å². The van der Waals surface area contributed by atoms with E-state index in [2.05, 4.69) is 5.32 Å². The van der Waals surface area contributed by atoms with Crippen LogP contribution in [-0.4, -0.2) is 34.9 Å². The van der Waals surface area contributed by atoms with Gasteiger partial charge in [-0.15, -0.1) is 0 Å². The molecule has 4 heteroatoms. The van der Waals surface area contributed by atoms with Crippen LogP contribution in [0.3, 0.4) is 0 Å². The normalized spacial score (nSPS) is 28.3. The van der Waals surface area contributed by atoms with Crippen LogP contribution >= 0.6 is 0 Å². The predicted molar refractivity (Wildman–Crippen MR) is 34.7 cm³/mol. The molecule has 0 spiro atoms. The molecule has 0 aromatic carbocycles. The molecule has 58 valence electrons. The van der Waals surface area contributed by atoms with Crippen LogP contribution in [0, 0.1) is 0 Å². The summed E-state index contributed by atoms with van der Waals surface area (Å²) in [6.07, 6.45) is 0.477. The maximum absolute atomic E-state index is 10.2. The second kappa shape index (κ2) is 2.98. The van der Waals surface area contributed by atoms with E-state index in [1.165, 1.54) is 0 Å². The molecule has 1 fully saturated rings. The van der Waals surface area contributed by atoms with Crippen molar-refractivity contribution < 1.29 is 15.0 Å². The van der Waals surface area contributed by atoms with Crippen molar-refractivity contribution in [3.63, 3.8) is 0 Å². The van der Waals surface area contributed by atoms with E-state index in [9.17, 15) is 4.79 Å². The fourth-order valence-electron chi connectivity index (χ4n) is 1.15. The average Bonchev–Trinajstić information content (AvgIpc) is 2.36. The molecule has 0 bridgehead atoms. The molecule has 3 N–H and O–H groups in total. The summed E-state index contributed by atoms with van der Waals surface area (Å²) in [5.74, 6) is -1.14.